The molecule has 0 saturated heterocycles. The van der Waals surface area contributed by atoms with Crippen molar-refractivity contribution in [2.45, 2.75) is 38.1 Å². The summed E-state index contributed by atoms with van der Waals surface area (Å²) in [6.07, 6.45) is 4.26. The van der Waals surface area contributed by atoms with Gasteiger partial charge < -0.3 is 25.6 Å². The van der Waals surface area contributed by atoms with Crippen molar-refractivity contribution >= 4 is 11.4 Å². The third kappa shape index (κ3) is 2.88. The second-order valence-corrected chi connectivity index (χ2v) is 6.35. The zero-order chi connectivity index (χ0) is 14.9. The van der Waals surface area contributed by atoms with Crippen molar-refractivity contribution < 1.29 is 14.6 Å². The second kappa shape index (κ2) is 5.64. The highest BCUT2D eigenvalue weighted by Crippen LogP contribution is 2.41. The fraction of sp³-hybridized carbons (Fsp3) is 0.625. The summed E-state index contributed by atoms with van der Waals surface area (Å²) in [7, 11) is 0. The van der Waals surface area contributed by atoms with E-state index in [1.54, 1.807) is 6.07 Å². The zero-order valence-electron chi connectivity index (χ0n) is 12.5. The minimum atomic E-state index is -0.282. The van der Waals surface area contributed by atoms with Gasteiger partial charge in [0.2, 0.25) is 0 Å². The van der Waals surface area contributed by atoms with Crippen molar-refractivity contribution in [1.29, 1.82) is 0 Å². The number of fused-ring (bicyclic) bond motifs is 1. The number of benzene rings is 1. The minimum absolute atomic E-state index is 0.116. The van der Waals surface area contributed by atoms with Gasteiger partial charge in [-0.25, -0.2) is 0 Å². The van der Waals surface area contributed by atoms with Gasteiger partial charge in [-0.15, -0.1) is 0 Å². The smallest absolute Gasteiger partial charge is 0.163 e. The maximum absolute atomic E-state index is 9.89. The van der Waals surface area contributed by atoms with Crippen LogP contribution in [-0.4, -0.2) is 30.5 Å². The summed E-state index contributed by atoms with van der Waals surface area (Å²) in [6.45, 7) is 3.46. The molecule has 0 spiro atoms. The summed E-state index contributed by atoms with van der Waals surface area (Å²) in [5, 5.41) is 13.4. The maximum Gasteiger partial charge on any atom is 0.163 e. The number of hydrogen-bond acceptors (Lipinski definition) is 5. The average molecular weight is 292 g/mol. The SMILES string of the molecule is CC1CCCC(CO)(Nc2cc3c(cc2N)OCCO3)C1. The lowest BCUT2D eigenvalue weighted by molar-refractivity contribution is 0.149. The predicted octanol–water partition coefficient (Wildman–Crippen LogP) is 2.39. The Hall–Kier alpha value is -1.62. The molecule has 116 valence electrons. The van der Waals surface area contributed by atoms with E-state index in [1.165, 1.54) is 6.42 Å². The minimum Gasteiger partial charge on any atom is -0.486 e. The Morgan fingerprint density at radius 1 is 1.33 bits per heavy atom. The molecule has 0 aromatic heterocycles. The van der Waals surface area contributed by atoms with Gasteiger partial charge in [-0.2, -0.15) is 0 Å². The van der Waals surface area contributed by atoms with Crippen LogP contribution in [0.4, 0.5) is 11.4 Å². The van der Waals surface area contributed by atoms with Gasteiger partial charge in [-0.1, -0.05) is 19.8 Å². The summed E-state index contributed by atoms with van der Waals surface area (Å²) in [4.78, 5) is 0. The van der Waals surface area contributed by atoms with Crippen molar-refractivity contribution in [3.8, 4) is 11.5 Å². The third-order valence-electron chi connectivity index (χ3n) is 4.51. The number of hydrogen-bond donors (Lipinski definition) is 3. The third-order valence-corrected chi connectivity index (χ3v) is 4.51. The second-order valence-electron chi connectivity index (χ2n) is 6.35. The Balaban J connectivity index is 1.86. The molecule has 2 atom stereocenters. The van der Waals surface area contributed by atoms with Gasteiger partial charge in [0.25, 0.3) is 0 Å². The molecule has 0 bridgehead atoms. The van der Waals surface area contributed by atoms with Crippen LogP contribution in [0.15, 0.2) is 12.1 Å². The summed E-state index contributed by atoms with van der Waals surface area (Å²) in [6, 6.07) is 3.69. The number of nitrogen functional groups attached to an aromatic ring is 1. The van der Waals surface area contributed by atoms with Crippen LogP contribution in [-0.2, 0) is 0 Å². The van der Waals surface area contributed by atoms with E-state index in [-0.39, 0.29) is 12.1 Å². The van der Waals surface area contributed by atoms with Crippen LogP contribution < -0.4 is 20.5 Å². The van der Waals surface area contributed by atoms with Gasteiger partial charge in [-0.05, 0) is 18.8 Å². The van der Waals surface area contributed by atoms with Crippen LogP contribution in [0, 0.1) is 5.92 Å². The molecule has 1 heterocycles. The lowest BCUT2D eigenvalue weighted by Gasteiger charge is -2.40. The molecule has 0 radical (unpaired) electrons. The van der Waals surface area contributed by atoms with E-state index in [0.717, 1.165) is 30.7 Å². The van der Waals surface area contributed by atoms with E-state index < -0.39 is 0 Å². The Morgan fingerprint density at radius 3 is 2.71 bits per heavy atom. The van der Waals surface area contributed by atoms with E-state index >= 15 is 0 Å². The van der Waals surface area contributed by atoms with Crippen molar-refractivity contribution in [2.75, 3.05) is 30.9 Å². The predicted molar refractivity (Wildman–Crippen MR) is 82.9 cm³/mol. The molecule has 1 aromatic carbocycles. The normalized spacial score (nSPS) is 28.2. The number of rotatable bonds is 3. The number of aliphatic hydroxyl groups is 1. The van der Waals surface area contributed by atoms with Crippen LogP contribution in [0.1, 0.15) is 32.6 Å². The first kappa shape index (κ1) is 14.3. The lowest BCUT2D eigenvalue weighted by Crippen LogP contribution is -2.46. The molecule has 2 aliphatic rings. The lowest BCUT2D eigenvalue weighted by atomic mass is 9.76. The first-order chi connectivity index (χ1) is 10.1. The largest absolute Gasteiger partial charge is 0.486 e. The molecular formula is C16H24N2O3. The van der Waals surface area contributed by atoms with Crippen molar-refractivity contribution in [3.05, 3.63) is 12.1 Å². The number of aliphatic hydroxyl groups excluding tert-OH is 1. The highest BCUT2D eigenvalue weighted by molar-refractivity contribution is 5.73. The molecule has 1 aromatic rings. The van der Waals surface area contributed by atoms with Gasteiger partial charge in [-0.3, -0.25) is 0 Å². The molecule has 1 aliphatic heterocycles. The van der Waals surface area contributed by atoms with Crippen LogP contribution in [0.2, 0.25) is 0 Å². The topological polar surface area (TPSA) is 76.7 Å². The van der Waals surface area contributed by atoms with Gasteiger partial charge in [0, 0.05) is 12.1 Å². The van der Waals surface area contributed by atoms with Crippen LogP contribution in [0.3, 0.4) is 0 Å². The number of ether oxygens (including phenoxy) is 2. The van der Waals surface area contributed by atoms with Crippen molar-refractivity contribution in [1.82, 2.24) is 0 Å². The first-order valence-electron chi connectivity index (χ1n) is 7.70. The molecule has 1 fully saturated rings. The van der Waals surface area contributed by atoms with E-state index in [2.05, 4.69) is 12.2 Å². The van der Waals surface area contributed by atoms with Crippen LogP contribution >= 0.6 is 0 Å². The monoisotopic (exact) mass is 292 g/mol. The quantitative estimate of drug-likeness (QED) is 0.746. The number of nitrogens with one attached hydrogen (secondary N) is 1. The van der Waals surface area contributed by atoms with Crippen molar-refractivity contribution in [3.63, 3.8) is 0 Å². The van der Waals surface area contributed by atoms with Crippen molar-refractivity contribution in [2.24, 2.45) is 5.92 Å². The zero-order valence-corrected chi connectivity index (χ0v) is 12.5. The Bertz CT molecular complexity index is 520. The van der Waals surface area contributed by atoms with Crippen LogP contribution in [0.5, 0.6) is 11.5 Å². The van der Waals surface area contributed by atoms with E-state index in [9.17, 15) is 5.11 Å². The fourth-order valence-electron chi connectivity index (χ4n) is 3.46. The van der Waals surface area contributed by atoms with Gasteiger partial charge in [0.1, 0.15) is 13.2 Å². The molecular weight excluding hydrogens is 268 g/mol. The molecule has 5 nitrogen and oxygen atoms in total. The number of anilines is 2. The molecule has 3 rings (SSSR count). The Kier molecular flexibility index (Phi) is 3.85. The summed E-state index contributed by atoms with van der Waals surface area (Å²) >= 11 is 0. The standard InChI is InChI=1S/C16H24N2O3/c1-11-3-2-4-16(9-11,10-19)18-13-8-15-14(7-12(13)17)20-5-6-21-15/h7-8,11,18-19H,2-6,9-10,17H2,1H3. The molecule has 21 heavy (non-hydrogen) atoms. The highest BCUT2D eigenvalue weighted by Gasteiger charge is 2.35. The van der Waals surface area contributed by atoms with Gasteiger partial charge >= 0.3 is 0 Å². The first-order valence-corrected chi connectivity index (χ1v) is 7.70. The molecule has 5 heteroatoms. The average Bonchev–Trinajstić information content (AvgIpc) is 2.48. The highest BCUT2D eigenvalue weighted by atomic mass is 16.6. The van der Waals surface area contributed by atoms with Gasteiger partial charge in [0.15, 0.2) is 11.5 Å². The Morgan fingerprint density at radius 2 is 2.05 bits per heavy atom. The molecule has 2 unspecified atom stereocenters. The van der Waals surface area contributed by atoms with E-state index in [0.29, 0.717) is 30.6 Å². The molecule has 1 saturated carbocycles. The maximum atomic E-state index is 9.89. The molecule has 1 aliphatic carbocycles. The number of nitrogens with two attached hydrogens (primary N) is 1. The van der Waals surface area contributed by atoms with E-state index in [4.69, 9.17) is 15.2 Å². The van der Waals surface area contributed by atoms with Gasteiger partial charge in [0.05, 0.1) is 23.5 Å². The van der Waals surface area contributed by atoms with E-state index in [1.807, 2.05) is 6.07 Å². The fourth-order valence-corrected chi connectivity index (χ4v) is 3.46. The molecule has 4 N–H and O–H groups in total. The Labute approximate surface area is 125 Å². The summed E-state index contributed by atoms with van der Waals surface area (Å²) in [5.74, 6) is 2.02. The summed E-state index contributed by atoms with van der Waals surface area (Å²) < 4.78 is 11.1. The van der Waals surface area contributed by atoms with Crippen LogP contribution in [0.25, 0.3) is 0 Å². The summed E-state index contributed by atoms with van der Waals surface area (Å²) in [5.41, 5.74) is 7.30. The molecule has 0 amide bonds.